The van der Waals surface area contributed by atoms with E-state index in [1.807, 2.05) is 62.1 Å². The number of benzene rings is 2. The van der Waals surface area contributed by atoms with Gasteiger partial charge >= 0.3 is 0 Å². The van der Waals surface area contributed by atoms with Crippen LogP contribution in [0.15, 0.2) is 36.4 Å². The Morgan fingerprint density at radius 2 is 2.08 bits per heavy atom. The van der Waals surface area contributed by atoms with Gasteiger partial charge in [0.2, 0.25) is 5.91 Å². The SMILES string of the molecule is Cc1cccc(NC(=O)C(C)N2CCOc3ccc(N)cc32)c1C. The summed E-state index contributed by atoms with van der Waals surface area (Å²) in [6, 6.07) is 11.1. The van der Waals surface area contributed by atoms with Gasteiger partial charge in [-0.1, -0.05) is 12.1 Å². The van der Waals surface area contributed by atoms with Crippen LogP contribution in [-0.4, -0.2) is 25.1 Å². The molecule has 1 unspecified atom stereocenters. The predicted molar refractivity (Wildman–Crippen MR) is 97.7 cm³/mol. The highest BCUT2D eigenvalue weighted by atomic mass is 16.5. The van der Waals surface area contributed by atoms with Crippen molar-refractivity contribution in [1.82, 2.24) is 0 Å². The van der Waals surface area contributed by atoms with Gasteiger partial charge in [0.1, 0.15) is 18.4 Å². The zero-order valence-electron chi connectivity index (χ0n) is 14.3. The van der Waals surface area contributed by atoms with Crippen LogP contribution in [0.5, 0.6) is 5.75 Å². The van der Waals surface area contributed by atoms with Crippen molar-refractivity contribution in [3.8, 4) is 5.75 Å². The van der Waals surface area contributed by atoms with Gasteiger partial charge in [-0.05, 0) is 56.2 Å². The number of ether oxygens (including phenoxy) is 1. The molecule has 0 fully saturated rings. The average Bonchev–Trinajstić information content (AvgIpc) is 2.57. The van der Waals surface area contributed by atoms with Gasteiger partial charge in [0.05, 0.1) is 12.2 Å². The fourth-order valence-electron chi connectivity index (χ4n) is 2.92. The summed E-state index contributed by atoms with van der Waals surface area (Å²) in [5.74, 6) is 0.723. The maximum atomic E-state index is 12.7. The zero-order chi connectivity index (χ0) is 17.3. The number of nitrogens with one attached hydrogen (secondary N) is 1. The van der Waals surface area contributed by atoms with Crippen molar-refractivity contribution in [3.63, 3.8) is 0 Å². The molecule has 3 rings (SSSR count). The molecular formula is C19H23N3O2. The molecule has 0 saturated heterocycles. The highest BCUT2D eigenvalue weighted by Gasteiger charge is 2.27. The molecule has 1 heterocycles. The highest BCUT2D eigenvalue weighted by Crippen LogP contribution is 2.34. The maximum Gasteiger partial charge on any atom is 0.246 e. The second-order valence-corrected chi connectivity index (χ2v) is 6.18. The van der Waals surface area contributed by atoms with E-state index in [0.717, 1.165) is 28.3 Å². The van der Waals surface area contributed by atoms with E-state index in [0.29, 0.717) is 18.8 Å². The van der Waals surface area contributed by atoms with Crippen LogP contribution in [0, 0.1) is 13.8 Å². The molecule has 2 aromatic carbocycles. The molecule has 0 bridgehead atoms. The molecule has 5 nitrogen and oxygen atoms in total. The molecule has 24 heavy (non-hydrogen) atoms. The van der Waals surface area contributed by atoms with Crippen molar-refractivity contribution in [2.24, 2.45) is 0 Å². The van der Waals surface area contributed by atoms with Crippen molar-refractivity contribution in [2.45, 2.75) is 26.8 Å². The summed E-state index contributed by atoms with van der Waals surface area (Å²) in [6.07, 6.45) is 0. The Balaban J connectivity index is 1.82. The van der Waals surface area contributed by atoms with Crippen molar-refractivity contribution in [3.05, 3.63) is 47.5 Å². The zero-order valence-corrected chi connectivity index (χ0v) is 14.3. The number of fused-ring (bicyclic) bond motifs is 1. The minimum atomic E-state index is -0.325. The van der Waals surface area contributed by atoms with Crippen LogP contribution >= 0.6 is 0 Å². The lowest BCUT2D eigenvalue weighted by Gasteiger charge is -2.35. The van der Waals surface area contributed by atoms with Crippen molar-refractivity contribution >= 4 is 23.0 Å². The van der Waals surface area contributed by atoms with Gasteiger partial charge in [-0.25, -0.2) is 0 Å². The number of nitrogens with two attached hydrogens (primary N) is 1. The molecule has 0 spiro atoms. The summed E-state index contributed by atoms with van der Waals surface area (Å²) >= 11 is 0. The van der Waals surface area contributed by atoms with E-state index in [4.69, 9.17) is 10.5 Å². The highest BCUT2D eigenvalue weighted by molar-refractivity contribution is 5.97. The summed E-state index contributed by atoms with van der Waals surface area (Å²) in [5, 5.41) is 3.04. The van der Waals surface area contributed by atoms with Crippen molar-refractivity contribution in [1.29, 1.82) is 0 Å². The number of amides is 1. The molecule has 126 valence electrons. The standard InChI is InChI=1S/C19H23N3O2/c1-12-5-4-6-16(13(12)2)21-19(23)14(3)22-9-10-24-18-8-7-15(20)11-17(18)22/h4-8,11,14H,9-10,20H2,1-3H3,(H,21,23). The molecule has 1 aliphatic heterocycles. The number of hydrogen-bond donors (Lipinski definition) is 2. The fourth-order valence-corrected chi connectivity index (χ4v) is 2.92. The minimum absolute atomic E-state index is 0.0426. The predicted octanol–water partition coefficient (Wildman–Crippen LogP) is 3.11. The quantitative estimate of drug-likeness (QED) is 0.851. The Kier molecular flexibility index (Phi) is 4.34. The van der Waals surface area contributed by atoms with E-state index in [-0.39, 0.29) is 11.9 Å². The van der Waals surface area contributed by atoms with Gasteiger partial charge in [0, 0.05) is 11.4 Å². The van der Waals surface area contributed by atoms with Crippen LogP contribution in [0.25, 0.3) is 0 Å². The molecule has 0 aromatic heterocycles. The largest absolute Gasteiger partial charge is 0.490 e. The number of carbonyl (C=O) groups excluding carboxylic acids is 1. The van der Waals surface area contributed by atoms with Crippen LogP contribution in [0.4, 0.5) is 17.1 Å². The van der Waals surface area contributed by atoms with Gasteiger partial charge in [0.15, 0.2) is 0 Å². The summed E-state index contributed by atoms with van der Waals surface area (Å²) in [7, 11) is 0. The van der Waals surface area contributed by atoms with Crippen molar-refractivity contribution < 1.29 is 9.53 Å². The average molecular weight is 325 g/mol. The monoisotopic (exact) mass is 325 g/mol. The Labute approximate surface area is 142 Å². The van der Waals surface area contributed by atoms with Crippen LogP contribution in [0.1, 0.15) is 18.1 Å². The molecule has 1 amide bonds. The molecule has 5 heteroatoms. The van der Waals surface area contributed by atoms with Crippen LogP contribution < -0.4 is 20.7 Å². The van der Waals surface area contributed by atoms with Gasteiger partial charge in [-0.15, -0.1) is 0 Å². The van der Waals surface area contributed by atoms with E-state index in [2.05, 4.69) is 5.32 Å². The van der Waals surface area contributed by atoms with Crippen LogP contribution in [0.2, 0.25) is 0 Å². The normalized spacial score (nSPS) is 14.5. The van der Waals surface area contributed by atoms with E-state index in [9.17, 15) is 4.79 Å². The van der Waals surface area contributed by atoms with Crippen molar-refractivity contribution in [2.75, 3.05) is 29.1 Å². The Morgan fingerprint density at radius 1 is 1.29 bits per heavy atom. The molecule has 0 radical (unpaired) electrons. The second kappa shape index (κ2) is 6.43. The fraction of sp³-hybridized carbons (Fsp3) is 0.316. The third-order valence-corrected chi connectivity index (χ3v) is 4.59. The molecule has 2 aromatic rings. The first-order valence-electron chi connectivity index (χ1n) is 8.13. The number of carbonyl (C=O) groups is 1. The smallest absolute Gasteiger partial charge is 0.246 e. The number of nitrogen functional groups attached to an aromatic ring is 1. The maximum absolute atomic E-state index is 12.7. The van der Waals surface area contributed by atoms with E-state index >= 15 is 0 Å². The summed E-state index contributed by atoms with van der Waals surface area (Å²) in [6.45, 7) is 7.16. The van der Waals surface area contributed by atoms with Crippen LogP contribution in [0.3, 0.4) is 0 Å². The first-order valence-corrected chi connectivity index (χ1v) is 8.13. The summed E-state index contributed by atoms with van der Waals surface area (Å²) in [5.41, 5.74) is 10.5. The van der Waals surface area contributed by atoms with Crippen LogP contribution in [-0.2, 0) is 4.79 Å². The number of rotatable bonds is 3. The lowest BCUT2D eigenvalue weighted by molar-refractivity contribution is -0.117. The Hall–Kier alpha value is -2.69. The molecule has 0 saturated carbocycles. The molecule has 1 atom stereocenters. The molecule has 0 aliphatic carbocycles. The summed E-state index contributed by atoms with van der Waals surface area (Å²) in [4.78, 5) is 14.8. The Bertz CT molecular complexity index is 773. The topological polar surface area (TPSA) is 67.6 Å². The van der Waals surface area contributed by atoms with E-state index < -0.39 is 0 Å². The van der Waals surface area contributed by atoms with Gasteiger partial charge < -0.3 is 20.7 Å². The van der Waals surface area contributed by atoms with E-state index in [1.165, 1.54) is 0 Å². The van der Waals surface area contributed by atoms with E-state index in [1.54, 1.807) is 0 Å². The molecule has 3 N–H and O–H groups in total. The van der Waals surface area contributed by atoms with Gasteiger partial charge in [-0.2, -0.15) is 0 Å². The first-order chi connectivity index (χ1) is 11.5. The Morgan fingerprint density at radius 3 is 2.88 bits per heavy atom. The second-order valence-electron chi connectivity index (χ2n) is 6.18. The first kappa shape index (κ1) is 16.2. The molecule has 1 aliphatic rings. The minimum Gasteiger partial charge on any atom is -0.490 e. The number of nitrogens with zero attached hydrogens (tertiary/aromatic N) is 1. The lowest BCUT2D eigenvalue weighted by atomic mass is 10.1. The number of anilines is 3. The summed E-state index contributed by atoms with van der Waals surface area (Å²) < 4.78 is 5.66. The van der Waals surface area contributed by atoms with Gasteiger partial charge in [0.25, 0.3) is 0 Å². The third-order valence-electron chi connectivity index (χ3n) is 4.59. The number of hydrogen-bond acceptors (Lipinski definition) is 4. The third kappa shape index (κ3) is 3.02. The van der Waals surface area contributed by atoms with Gasteiger partial charge in [-0.3, -0.25) is 4.79 Å². The number of aryl methyl sites for hydroxylation is 1. The molecular weight excluding hydrogens is 302 g/mol. The lowest BCUT2D eigenvalue weighted by Crippen LogP contribution is -2.46.